The zero-order valence-corrected chi connectivity index (χ0v) is 14.0. The molecular formula is C16H15ClNO4S-. The third-order valence-electron chi connectivity index (χ3n) is 3.03. The maximum Gasteiger partial charge on any atom is 0.281 e. The third-order valence-corrected chi connectivity index (χ3v) is 4.59. The first-order chi connectivity index (χ1) is 10.9. The van der Waals surface area contributed by atoms with E-state index in [1.165, 1.54) is 24.3 Å². The summed E-state index contributed by atoms with van der Waals surface area (Å²) in [7, 11) is -4.05. The van der Waals surface area contributed by atoms with Crippen molar-refractivity contribution in [3.05, 3.63) is 59.1 Å². The van der Waals surface area contributed by atoms with Crippen LogP contribution >= 0.6 is 11.6 Å². The minimum absolute atomic E-state index is 0.0949. The van der Waals surface area contributed by atoms with Crippen molar-refractivity contribution in [2.45, 2.75) is 18.2 Å². The van der Waals surface area contributed by atoms with Crippen LogP contribution in [0, 0.1) is 0 Å². The van der Waals surface area contributed by atoms with Gasteiger partial charge in [-0.2, -0.15) is 12.8 Å². The molecule has 0 aliphatic carbocycles. The number of rotatable bonds is 6. The van der Waals surface area contributed by atoms with E-state index in [4.69, 9.17) is 16.3 Å². The van der Waals surface area contributed by atoms with Gasteiger partial charge in [-0.05, 0) is 48.4 Å². The van der Waals surface area contributed by atoms with Gasteiger partial charge in [0.1, 0.15) is 12.4 Å². The van der Waals surface area contributed by atoms with Crippen molar-refractivity contribution < 1.29 is 18.3 Å². The standard InChI is InChI=1S/C16H16ClNO4S/c1-2-12-3-7-14(8-4-12)22-11-16(19)18-23(20,21)15-9-5-13(17)6-10-15/h3-10H,2,11H2,1H3,(H,18,19)/p-1. The van der Waals surface area contributed by atoms with Gasteiger partial charge in [0.05, 0.1) is 4.90 Å². The van der Waals surface area contributed by atoms with E-state index in [-0.39, 0.29) is 4.90 Å². The Labute approximate surface area is 140 Å². The molecule has 0 N–H and O–H groups in total. The van der Waals surface area contributed by atoms with Crippen molar-refractivity contribution >= 4 is 27.5 Å². The molecule has 23 heavy (non-hydrogen) atoms. The summed E-state index contributed by atoms with van der Waals surface area (Å²) in [5.41, 5.74) is 1.14. The number of hydrogen-bond donors (Lipinski definition) is 0. The van der Waals surface area contributed by atoms with Gasteiger partial charge in [0.15, 0.2) is 0 Å². The van der Waals surface area contributed by atoms with Crippen LogP contribution in [-0.4, -0.2) is 20.9 Å². The molecule has 0 saturated carbocycles. The van der Waals surface area contributed by atoms with Gasteiger partial charge < -0.3 is 9.84 Å². The first-order valence-corrected chi connectivity index (χ1v) is 8.70. The number of nitrogens with zero attached hydrogens (tertiary/aromatic N) is 1. The molecule has 0 heterocycles. The molecule has 122 valence electrons. The molecule has 7 heteroatoms. The summed E-state index contributed by atoms with van der Waals surface area (Å²) in [6.45, 7) is 1.58. The number of halogens is 1. The molecule has 2 aromatic rings. The fourth-order valence-corrected chi connectivity index (χ4v) is 2.82. The van der Waals surface area contributed by atoms with Crippen LogP contribution in [-0.2, 0) is 16.4 Å². The molecule has 0 spiro atoms. The highest BCUT2D eigenvalue weighted by Crippen LogP contribution is 2.16. The highest BCUT2D eigenvalue weighted by molar-refractivity contribution is 7.90. The van der Waals surface area contributed by atoms with E-state index in [0.29, 0.717) is 10.8 Å². The Bertz CT molecular complexity index is 784. The molecule has 0 aliphatic rings. The Kier molecular flexibility index (Phi) is 5.63. The molecule has 0 unspecified atom stereocenters. The van der Waals surface area contributed by atoms with Crippen LogP contribution in [0.3, 0.4) is 0 Å². The minimum atomic E-state index is -4.05. The topological polar surface area (TPSA) is 78.8 Å². The molecule has 5 nitrogen and oxygen atoms in total. The third kappa shape index (κ3) is 4.97. The first-order valence-electron chi connectivity index (χ1n) is 6.89. The zero-order chi connectivity index (χ0) is 16.9. The second kappa shape index (κ2) is 7.48. The highest BCUT2D eigenvalue weighted by Gasteiger charge is 2.11. The fourth-order valence-electron chi connectivity index (χ4n) is 1.79. The highest BCUT2D eigenvalue weighted by atomic mass is 35.5. The quantitative estimate of drug-likeness (QED) is 0.590. The van der Waals surface area contributed by atoms with E-state index in [1.807, 2.05) is 19.1 Å². The Morgan fingerprint density at radius 3 is 2.30 bits per heavy atom. The van der Waals surface area contributed by atoms with E-state index in [0.717, 1.165) is 12.0 Å². The van der Waals surface area contributed by atoms with E-state index in [2.05, 4.69) is 4.40 Å². The Hall–Kier alpha value is -2.05. The van der Waals surface area contributed by atoms with Gasteiger partial charge in [-0.25, -0.2) is 0 Å². The lowest BCUT2D eigenvalue weighted by atomic mass is 10.2. The summed E-state index contributed by atoms with van der Waals surface area (Å²) in [6.07, 6.45) is 0.897. The summed E-state index contributed by atoms with van der Waals surface area (Å²) < 4.78 is 32.4. The van der Waals surface area contributed by atoms with E-state index in [9.17, 15) is 13.5 Å². The largest absolute Gasteiger partial charge is 0.859 e. The van der Waals surface area contributed by atoms with Crippen LogP contribution in [0.2, 0.25) is 5.02 Å². The van der Waals surface area contributed by atoms with Crippen LogP contribution in [0.25, 0.3) is 0 Å². The summed E-state index contributed by atoms with van der Waals surface area (Å²) >= 11 is 5.69. The lowest BCUT2D eigenvalue weighted by Crippen LogP contribution is -2.26. The number of benzene rings is 2. The molecule has 0 radical (unpaired) electrons. The summed E-state index contributed by atoms with van der Waals surface area (Å²) in [4.78, 5) is -0.0949. The second-order valence-corrected chi connectivity index (χ2v) is 6.74. The van der Waals surface area contributed by atoms with Crippen LogP contribution < -0.4 is 9.84 Å². The smallest absolute Gasteiger partial charge is 0.281 e. The van der Waals surface area contributed by atoms with Crippen LogP contribution in [0.1, 0.15) is 12.5 Å². The van der Waals surface area contributed by atoms with Crippen molar-refractivity contribution in [2.75, 3.05) is 6.61 Å². The summed E-state index contributed by atoms with van der Waals surface area (Å²) in [5.74, 6) is -0.394. The normalized spacial score (nSPS) is 12.2. The van der Waals surface area contributed by atoms with Crippen molar-refractivity contribution in [3.8, 4) is 5.75 Å². The molecule has 0 atom stereocenters. The molecule has 2 rings (SSSR count). The lowest BCUT2D eigenvalue weighted by molar-refractivity contribution is -0.220. The van der Waals surface area contributed by atoms with Gasteiger partial charge in [0.25, 0.3) is 10.0 Å². The average Bonchev–Trinajstić information content (AvgIpc) is 2.53. The number of ether oxygens (including phenoxy) is 1. The minimum Gasteiger partial charge on any atom is -0.859 e. The maximum absolute atomic E-state index is 12.0. The Morgan fingerprint density at radius 2 is 1.74 bits per heavy atom. The fraction of sp³-hybridized carbons (Fsp3) is 0.188. The molecule has 0 aromatic heterocycles. The van der Waals surface area contributed by atoms with Crippen LogP contribution in [0.5, 0.6) is 5.75 Å². The predicted molar refractivity (Wildman–Crippen MR) is 87.4 cm³/mol. The molecular weight excluding hydrogens is 338 g/mol. The van der Waals surface area contributed by atoms with Gasteiger partial charge in [0.2, 0.25) is 0 Å². The Morgan fingerprint density at radius 1 is 1.13 bits per heavy atom. The van der Waals surface area contributed by atoms with Gasteiger partial charge in [-0.15, -0.1) is 0 Å². The van der Waals surface area contributed by atoms with Gasteiger partial charge in [-0.3, -0.25) is 0 Å². The molecule has 0 amide bonds. The van der Waals surface area contributed by atoms with Gasteiger partial charge in [-0.1, -0.05) is 30.7 Å². The van der Waals surface area contributed by atoms with Crippen LogP contribution in [0.4, 0.5) is 0 Å². The SMILES string of the molecule is CCc1ccc(OCC([O-])=NS(=O)(=O)c2ccc(Cl)cc2)cc1. The monoisotopic (exact) mass is 352 g/mol. The summed E-state index contributed by atoms with van der Waals surface area (Å²) in [5, 5.41) is 12.1. The van der Waals surface area contributed by atoms with Crippen LogP contribution in [0.15, 0.2) is 57.8 Å². The van der Waals surface area contributed by atoms with Crippen molar-refractivity contribution in [3.63, 3.8) is 0 Å². The molecule has 0 fully saturated rings. The van der Waals surface area contributed by atoms with E-state index >= 15 is 0 Å². The number of sulfonamides is 1. The van der Waals surface area contributed by atoms with E-state index in [1.54, 1.807) is 12.1 Å². The van der Waals surface area contributed by atoms with Crippen molar-refractivity contribution in [2.24, 2.45) is 4.40 Å². The second-order valence-electron chi connectivity index (χ2n) is 4.70. The maximum atomic E-state index is 12.0. The average molecular weight is 353 g/mol. The molecule has 2 aromatic carbocycles. The van der Waals surface area contributed by atoms with E-state index < -0.39 is 22.5 Å². The summed E-state index contributed by atoms with van der Waals surface area (Å²) in [6, 6.07) is 12.6. The Balaban J connectivity index is 2.04. The van der Waals surface area contributed by atoms with Crippen molar-refractivity contribution in [1.82, 2.24) is 0 Å². The molecule has 0 saturated heterocycles. The molecule has 0 bridgehead atoms. The first kappa shape index (κ1) is 17.3. The number of aryl methyl sites for hydroxylation is 1. The van der Waals surface area contributed by atoms with Gasteiger partial charge in [0, 0.05) is 10.9 Å². The van der Waals surface area contributed by atoms with Crippen molar-refractivity contribution in [1.29, 1.82) is 0 Å². The number of hydrogen-bond acceptors (Lipinski definition) is 4. The predicted octanol–water partition coefficient (Wildman–Crippen LogP) is 2.43. The zero-order valence-electron chi connectivity index (χ0n) is 12.4. The lowest BCUT2D eigenvalue weighted by Gasteiger charge is -2.12. The van der Waals surface area contributed by atoms with Gasteiger partial charge >= 0.3 is 0 Å². The molecule has 0 aliphatic heterocycles.